The first-order chi connectivity index (χ1) is 10.5. The van der Waals surface area contributed by atoms with Crippen LogP contribution in [0.1, 0.15) is 42.1 Å². The molecule has 0 aliphatic rings. The molecule has 0 fully saturated rings. The summed E-state index contributed by atoms with van der Waals surface area (Å²) in [6, 6.07) is 6.58. The smallest absolute Gasteiger partial charge is 0.335 e. The number of benzene rings is 1. The van der Waals surface area contributed by atoms with Crippen molar-refractivity contribution in [3.8, 4) is 0 Å². The Balaban J connectivity index is 2.19. The molecule has 22 heavy (non-hydrogen) atoms. The van der Waals surface area contributed by atoms with Crippen LogP contribution in [0.4, 0.5) is 0 Å². The van der Waals surface area contributed by atoms with Crippen molar-refractivity contribution in [3.63, 3.8) is 0 Å². The van der Waals surface area contributed by atoms with Gasteiger partial charge in [0.15, 0.2) is 0 Å². The van der Waals surface area contributed by atoms with Crippen molar-refractivity contribution >= 4 is 17.8 Å². The lowest BCUT2D eigenvalue weighted by Gasteiger charge is -2.06. The maximum Gasteiger partial charge on any atom is 0.335 e. The first-order valence-corrected chi connectivity index (χ1v) is 7.38. The van der Waals surface area contributed by atoms with E-state index in [1.54, 1.807) is 24.3 Å². The number of amides is 2. The highest BCUT2D eigenvalue weighted by molar-refractivity contribution is 5.87. The van der Waals surface area contributed by atoms with E-state index in [2.05, 4.69) is 10.6 Å². The summed E-state index contributed by atoms with van der Waals surface area (Å²) in [7, 11) is 0. The minimum Gasteiger partial charge on any atom is -0.478 e. The predicted molar refractivity (Wildman–Crippen MR) is 82.6 cm³/mol. The van der Waals surface area contributed by atoms with E-state index in [9.17, 15) is 14.4 Å². The predicted octanol–water partition coefficient (Wildman–Crippen LogP) is 1.35. The molecule has 0 spiro atoms. The first-order valence-electron chi connectivity index (χ1n) is 7.38. The molecule has 0 aromatic heterocycles. The number of carboxylic acids is 1. The summed E-state index contributed by atoms with van der Waals surface area (Å²) in [6.07, 6.45) is 1.86. The van der Waals surface area contributed by atoms with Crippen molar-refractivity contribution in [1.82, 2.24) is 10.6 Å². The topological polar surface area (TPSA) is 95.5 Å². The summed E-state index contributed by atoms with van der Waals surface area (Å²) in [6.45, 7) is 2.95. The maximum atomic E-state index is 11.6. The highest BCUT2D eigenvalue weighted by Crippen LogP contribution is 2.05. The summed E-state index contributed by atoms with van der Waals surface area (Å²) in [5, 5.41) is 14.3. The zero-order valence-corrected chi connectivity index (χ0v) is 12.7. The van der Waals surface area contributed by atoms with E-state index in [1.165, 1.54) is 0 Å². The van der Waals surface area contributed by atoms with Gasteiger partial charge in [-0.15, -0.1) is 0 Å². The molecule has 0 saturated heterocycles. The Bertz CT molecular complexity index is 511. The first kappa shape index (κ1) is 17.7. The maximum absolute atomic E-state index is 11.6. The molecule has 0 aliphatic heterocycles. The van der Waals surface area contributed by atoms with Crippen molar-refractivity contribution in [1.29, 1.82) is 0 Å². The zero-order chi connectivity index (χ0) is 16.4. The van der Waals surface area contributed by atoms with Crippen LogP contribution < -0.4 is 10.6 Å². The third kappa shape index (κ3) is 6.88. The third-order valence-corrected chi connectivity index (χ3v) is 3.12. The monoisotopic (exact) mass is 306 g/mol. The minimum atomic E-state index is -0.952. The van der Waals surface area contributed by atoms with Crippen molar-refractivity contribution in [3.05, 3.63) is 35.4 Å². The van der Waals surface area contributed by atoms with Crippen LogP contribution in [0.5, 0.6) is 0 Å². The second-order valence-corrected chi connectivity index (χ2v) is 4.91. The summed E-state index contributed by atoms with van der Waals surface area (Å²) in [4.78, 5) is 33.5. The number of aromatic carboxylic acids is 1. The van der Waals surface area contributed by atoms with Gasteiger partial charge in [0.1, 0.15) is 0 Å². The highest BCUT2D eigenvalue weighted by atomic mass is 16.4. The lowest BCUT2D eigenvalue weighted by atomic mass is 10.1. The van der Waals surface area contributed by atoms with Crippen LogP contribution in [-0.2, 0) is 16.0 Å². The van der Waals surface area contributed by atoms with Crippen molar-refractivity contribution in [2.75, 3.05) is 13.1 Å². The average molecular weight is 306 g/mol. The quantitative estimate of drug-likeness (QED) is 0.641. The van der Waals surface area contributed by atoms with Gasteiger partial charge in [0, 0.05) is 25.9 Å². The van der Waals surface area contributed by atoms with Crippen LogP contribution in [-0.4, -0.2) is 36.0 Å². The van der Waals surface area contributed by atoms with Gasteiger partial charge in [0.25, 0.3) is 0 Å². The molecule has 0 saturated carbocycles. The van der Waals surface area contributed by atoms with Gasteiger partial charge < -0.3 is 15.7 Å². The fraction of sp³-hybridized carbons (Fsp3) is 0.438. The largest absolute Gasteiger partial charge is 0.478 e. The average Bonchev–Trinajstić information content (AvgIpc) is 2.48. The Morgan fingerprint density at radius 1 is 1.00 bits per heavy atom. The molecule has 120 valence electrons. The number of hydrogen-bond donors (Lipinski definition) is 3. The van der Waals surface area contributed by atoms with Crippen LogP contribution in [0.3, 0.4) is 0 Å². The van der Waals surface area contributed by atoms with Gasteiger partial charge >= 0.3 is 5.97 Å². The van der Waals surface area contributed by atoms with Crippen LogP contribution in [0.2, 0.25) is 0 Å². The summed E-state index contributed by atoms with van der Waals surface area (Å²) < 4.78 is 0. The fourth-order valence-corrected chi connectivity index (χ4v) is 1.94. The van der Waals surface area contributed by atoms with Gasteiger partial charge in [-0.1, -0.05) is 12.1 Å². The molecule has 0 radical (unpaired) electrons. The molecular formula is C16H22N2O4. The Labute approximate surface area is 129 Å². The molecule has 0 aliphatic carbocycles. The number of nitrogens with one attached hydrogen (secondary N) is 2. The summed E-state index contributed by atoms with van der Waals surface area (Å²) in [5.41, 5.74) is 1.21. The fourth-order valence-electron chi connectivity index (χ4n) is 1.94. The Morgan fingerprint density at radius 3 is 2.14 bits per heavy atom. The van der Waals surface area contributed by atoms with Crippen LogP contribution in [0, 0.1) is 0 Å². The van der Waals surface area contributed by atoms with Crippen LogP contribution in [0.25, 0.3) is 0 Å². The van der Waals surface area contributed by atoms with Crippen molar-refractivity contribution < 1.29 is 19.5 Å². The number of carboxylic acid groups (broad SMARTS) is 1. The van der Waals surface area contributed by atoms with Gasteiger partial charge in [-0.3, -0.25) is 9.59 Å². The SMILES string of the molecule is CCNC(=O)CCCC(=O)NCCc1ccc(C(=O)O)cc1. The van der Waals surface area contributed by atoms with E-state index in [-0.39, 0.29) is 17.4 Å². The number of carbonyl (C=O) groups excluding carboxylic acids is 2. The molecule has 1 aromatic rings. The Kier molecular flexibility index (Phi) is 7.67. The minimum absolute atomic E-state index is 0.0335. The molecule has 6 heteroatoms. The molecular weight excluding hydrogens is 284 g/mol. The lowest BCUT2D eigenvalue weighted by Crippen LogP contribution is -2.26. The van der Waals surface area contributed by atoms with Gasteiger partial charge in [-0.2, -0.15) is 0 Å². The standard InChI is InChI=1S/C16H22N2O4/c1-2-17-14(19)4-3-5-15(20)18-11-10-12-6-8-13(9-7-12)16(21)22/h6-9H,2-5,10-11H2,1H3,(H,17,19)(H,18,20)(H,21,22). The van der Waals surface area contributed by atoms with Gasteiger partial charge in [-0.25, -0.2) is 4.79 Å². The second-order valence-electron chi connectivity index (χ2n) is 4.91. The molecule has 1 rings (SSSR count). The van der Waals surface area contributed by atoms with Crippen molar-refractivity contribution in [2.45, 2.75) is 32.6 Å². The van der Waals surface area contributed by atoms with E-state index in [1.807, 2.05) is 6.92 Å². The molecule has 0 atom stereocenters. The van der Waals surface area contributed by atoms with E-state index in [0.29, 0.717) is 38.8 Å². The highest BCUT2D eigenvalue weighted by Gasteiger charge is 2.05. The summed E-state index contributed by atoms with van der Waals surface area (Å²) in [5.74, 6) is -1.06. The van der Waals surface area contributed by atoms with Crippen molar-refractivity contribution in [2.24, 2.45) is 0 Å². The van der Waals surface area contributed by atoms with E-state index < -0.39 is 5.97 Å². The summed E-state index contributed by atoms with van der Waals surface area (Å²) >= 11 is 0. The normalized spacial score (nSPS) is 10.0. The van der Waals surface area contributed by atoms with E-state index in [4.69, 9.17) is 5.11 Å². The number of rotatable bonds is 9. The molecule has 2 amide bonds. The molecule has 1 aromatic carbocycles. The molecule has 0 heterocycles. The van der Waals surface area contributed by atoms with E-state index in [0.717, 1.165) is 5.56 Å². The molecule has 6 nitrogen and oxygen atoms in total. The molecule has 3 N–H and O–H groups in total. The molecule has 0 unspecified atom stereocenters. The molecule has 0 bridgehead atoms. The lowest BCUT2D eigenvalue weighted by molar-refractivity contribution is -0.122. The van der Waals surface area contributed by atoms with E-state index >= 15 is 0 Å². The van der Waals surface area contributed by atoms with Gasteiger partial charge in [-0.05, 0) is 37.5 Å². The van der Waals surface area contributed by atoms with Gasteiger partial charge in [0.05, 0.1) is 5.56 Å². The van der Waals surface area contributed by atoms with Gasteiger partial charge in [0.2, 0.25) is 11.8 Å². The number of carbonyl (C=O) groups is 3. The third-order valence-electron chi connectivity index (χ3n) is 3.12. The Morgan fingerprint density at radius 2 is 1.59 bits per heavy atom. The number of hydrogen-bond acceptors (Lipinski definition) is 3. The zero-order valence-electron chi connectivity index (χ0n) is 12.7. The van der Waals surface area contributed by atoms with Crippen LogP contribution in [0.15, 0.2) is 24.3 Å². The Hall–Kier alpha value is -2.37. The second kappa shape index (κ2) is 9.55. The van der Waals surface area contributed by atoms with Crippen LogP contribution >= 0.6 is 0 Å².